The standard InChI is InChI=1S/C22H22N6O/c1-15-13-28-21(29)11-20(19-7-9-24-14-25-19)26-22(28)27(16(15)2)10-8-17-3-5-18(12-23)6-4-17/h3-7,9,11,14-16H,8,10,13H2,1-2H3. The summed E-state index contributed by atoms with van der Waals surface area (Å²) in [6, 6.07) is 13.3. The Kier molecular flexibility index (Phi) is 5.09. The summed E-state index contributed by atoms with van der Waals surface area (Å²) in [6.07, 6.45) is 3.91. The average Bonchev–Trinajstić information content (AvgIpc) is 2.75. The van der Waals surface area contributed by atoms with Crippen LogP contribution in [0.25, 0.3) is 11.4 Å². The third kappa shape index (κ3) is 3.74. The summed E-state index contributed by atoms with van der Waals surface area (Å²) >= 11 is 0. The Bertz CT molecular complexity index is 1100. The molecule has 1 aliphatic rings. The van der Waals surface area contributed by atoms with Crippen LogP contribution in [0.1, 0.15) is 25.0 Å². The van der Waals surface area contributed by atoms with Crippen molar-refractivity contribution < 1.29 is 0 Å². The van der Waals surface area contributed by atoms with Gasteiger partial charge in [-0.1, -0.05) is 19.1 Å². The number of aromatic nitrogens is 4. The van der Waals surface area contributed by atoms with E-state index >= 15 is 0 Å². The molecular formula is C22H22N6O. The van der Waals surface area contributed by atoms with E-state index in [9.17, 15) is 4.79 Å². The zero-order valence-corrected chi connectivity index (χ0v) is 16.5. The van der Waals surface area contributed by atoms with Gasteiger partial charge in [-0.15, -0.1) is 0 Å². The third-order valence-electron chi connectivity index (χ3n) is 5.60. The molecule has 2 aromatic heterocycles. The third-order valence-corrected chi connectivity index (χ3v) is 5.60. The maximum Gasteiger partial charge on any atom is 0.255 e. The second-order valence-corrected chi connectivity index (χ2v) is 7.45. The molecule has 0 saturated carbocycles. The molecule has 0 bridgehead atoms. The van der Waals surface area contributed by atoms with Crippen LogP contribution in [0.3, 0.4) is 0 Å². The molecule has 0 spiro atoms. The Morgan fingerprint density at radius 1 is 1.17 bits per heavy atom. The fraction of sp³-hybridized carbons (Fsp3) is 0.318. The van der Waals surface area contributed by atoms with E-state index in [-0.39, 0.29) is 11.6 Å². The zero-order chi connectivity index (χ0) is 20.4. The fourth-order valence-corrected chi connectivity index (χ4v) is 3.69. The van der Waals surface area contributed by atoms with E-state index in [1.165, 1.54) is 6.33 Å². The van der Waals surface area contributed by atoms with Gasteiger partial charge in [-0.05, 0) is 43.0 Å². The Labute approximate surface area is 169 Å². The lowest BCUT2D eigenvalue weighted by atomic mass is 9.99. The van der Waals surface area contributed by atoms with Crippen LogP contribution in [0.5, 0.6) is 0 Å². The quantitative estimate of drug-likeness (QED) is 0.685. The van der Waals surface area contributed by atoms with Gasteiger partial charge in [0.05, 0.1) is 23.0 Å². The zero-order valence-electron chi connectivity index (χ0n) is 16.5. The van der Waals surface area contributed by atoms with Crippen LogP contribution in [0.2, 0.25) is 0 Å². The molecule has 2 atom stereocenters. The highest BCUT2D eigenvalue weighted by molar-refractivity contribution is 5.55. The van der Waals surface area contributed by atoms with Gasteiger partial charge < -0.3 is 4.90 Å². The lowest BCUT2D eigenvalue weighted by Crippen LogP contribution is -2.49. The fourth-order valence-electron chi connectivity index (χ4n) is 3.69. The van der Waals surface area contributed by atoms with E-state index in [1.807, 2.05) is 24.3 Å². The normalized spacial score (nSPS) is 18.2. The molecule has 29 heavy (non-hydrogen) atoms. The highest BCUT2D eigenvalue weighted by atomic mass is 16.1. The predicted octanol–water partition coefficient (Wildman–Crippen LogP) is 2.66. The van der Waals surface area contributed by atoms with Gasteiger partial charge in [0, 0.05) is 31.4 Å². The molecule has 0 aliphatic carbocycles. The number of nitriles is 1. The molecule has 0 N–H and O–H groups in total. The second-order valence-electron chi connectivity index (χ2n) is 7.45. The van der Waals surface area contributed by atoms with Crippen molar-refractivity contribution in [3.63, 3.8) is 0 Å². The largest absolute Gasteiger partial charge is 0.339 e. The van der Waals surface area contributed by atoms with E-state index in [0.29, 0.717) is 35.4 Å². The molecule has 1 aliphatic heterocycles. The van der Waals surface area contributed by atoms with Gasteiger partial charge in [-0.2, -0.15) is 5.26 Å². The first-order valence-electron chi connectivity index (χ1n) is 9.71. The molecule has 2 unspecified atom stereocenters. The number of benzene rings is 1. The van der Waals surface area contributed by atoms with Crippen LogP contribution < -0.4 is 10.5 Å². The molecule has 0 saturated heterocycles. The number of hydrogen-bond donors (Lipinski definition) is 0. The highest BCUT2D eigenvalue weighted by Crippen LogP contribution is 2.27. The highest BCUT2D eigenvalue weighted by Gasteiger charge is 2.30. The monoisotopic (exact) mass is 386 g/mol. The first-order chi connectivity index (χ1) is 14.1. The van der Waals surface area contributed by atoms with Crippen molar-refractivity contribution in [1.82, 2.24) is 19.5 Å². The van der Waals surface area contributed by atoms with Crippen LogP contribution >= 0.6 is 0 Å². The predicted molar refractivity (Wildman–Crippen MR) is 110 cm³/mol. The Morgan fingerprint density at radius 3 is 2.66 bits per heavy atom. The molecule has 3 aromatic rings. The Hall–Kier alpha value is -3.53. The summed E-state index contributed by atoms with van der Waals surface area (Å²) in [4.78, 5) is 28.0. The molecule has 4 rings (SSSR count). The lowest BCUT2D eigenvalue weighted by molar-refractivity contribution is 0.344. The van der Waals surface area contributed by atoms with Gasteiger partial charge in [0.25, 0.3) is 5.56 Å². The maximum absolute atomic E-state index is 12.8. The molecular weight excluding hydrogens is 364 g/mol. The van der Waals surface area contributed by atoms with Crippen molar-refractivity contribution in [2.75, 3.05) is 11.4 Å². The first-order valence-corrected chi connectivity index (χ1v) is 9.71. The molecule has 1 aromatic carbocycles. The minimum Gasteiger partial charge on any atom is -0.339 e. The Balaban J connectivity index is 1.68. The maximum atomic E-state index is 12.8. The van der Waals surface area contributed by atoms with E-state index in [0.717, 1.165) is 18.5 Å². The van der Waals surface area contributed by atoms with Crippen LogP contribution in [0.4, 0.5) is 5.95 Å². The molecule has 3 heterocycles. The molecule has 7 heteroatoms. The summed E-state index contributed by atoms with van der Waals surface area (Å²) in [5.74, 6) is 1.01. The minimum atomic E-state index is -0.0641. The Morgan fingerprint density at radius 2 is 1.97 bits per heavy atom. The number of nitrogens with zero attached hydrogens (tertiary/aromatic N) is 6. The number of fused-ring (bicyclic) bond motifs is 1. The van der Waals surface area contributed by atoms with Crippen molar-refractivity contribution in [2.24, 2.45) is 5.92 Å². The number of rotatable bonds is 4. The van der Waals surface area contributed by atoms with Crippen molar-refractivity contribution in [3.8, 4) is 17.5 Å². The van der Waals surface area contributed by atoms with Crippen LogP contribution in [-0.4, -0.2) is 32.1 Å². The van der Waals surface area contributed by atoms with Gasteiger partial charge >= 0.3 is 0 Å². The average molecular weight is 386 g/mol. The summed E-state index contributed by atoms with van der Waals surface area (Å²) in [5, 5.41) is 8.97. The van der Waals surface area contributed by atoms with E-state index in [4.69, 9.17) is 10.2 Å². The molecule has 146 valence electrons. The molecule has 0 fully saturated rings. The molecule has 7 nitrogen and oxygen atoms in total. The summed E-state index contributed by atoms with van der Waals surface area (Å²) in [6.45, 7) is 5.72. The number of anilines is 1. The van der Waals surface area contributed by atoms with Gasteiger partial charge in [0.15, 0.2) is 0 Å². The van der Waals surface area contributed by atoms with Gasteiger partial charge in [0.1, 0.15) is 6.33 Å². The first kappa shape index (κ1) is 18.8. The van der Waals surface area contributed by atoms with Crippen molar-refractivity contribution in [1.29, 1.82) is 5.26 Å². The summed E-state index contributed by atoms with van der Waals surface area (Å²) in [5.41, 5.74) is 2.94. The van der Waals surface area contributed by atoms with Gasteiger partial charge in [-0.25, -0.2) is 15.0 Å². The van der Waals surface area contributed by atoms with Gasteiger partial charge in [-0.3, -0.25) is 9.36 Å². The van der Waals surface area contributed by atoms with Gasteiger partial charge in [0.2, 0.25) is 5.95 Å². The van der Waals surface area contributed by atoms with Crippen LogP contribution in [-0.2, 0) is 13.0 Å². The topological polar surface area (TPSA) is 87.7 Å². The van der Waals surface area contributed by atoms with Crippen molar-refractivity contribution in [3.05, 3.63) is 70.4 Å². The van der Waals surface area contributed by atoms with E-state index in [2.05, 4.69) is 34.8 Å². The SMILES string of the molecule is CC1Cn2c(nc(-c3ccncn3)cc2=O)N(CCc2ccc(C#N)cc2)C1C. The van der Waals surface area contributed by atoms with Crippen molar-refractivity contribution >= 4 is 5.95 Å². The summed E-state index contributed by atoms with van der Waals surface area (Å²) in [7, 11) is 0. The van der Waals surface area contributed by atoms with E-state index in [1.54, 1.807) is 22.9 Å². The number of hydrogen-bond acceptors (Lipinski definition) is 6. The molecule has 0 radical (unpaired) electrons. The lowest BCUT2D eigenvalue weighted by Gasteiger charge is -2.40. The van der Waals surface area contributed by atoms with Crippen molar-refractivity contribution in [2.45, 2.75) is 32.9 Å². The van der Waals surface area contributed by atoms with Crippen LogP contribution in [0, 0.1) is 17.2 Å². The molecule has 0 amide bonds. The second kappa shape index (κ2) is 7.84. The smallest absolute Gasteiger partial charge is 0.255 e. The van der Waals surface area contributed by atoms with E-state index < -0.39 is 0 Å². The summed E-state index contributed by atoms with van der Waals surface area (Å²) < 4.78 is 1.76. The minimum absolute atomic E-state index is 0.0641. The van der Waals surface area contributed by atoms with Crippen LogP contribution in [0.15, 0.2) is 53.7 Å².